The number of hydrogen-bond donors (Lipinski definition) is 2. The molecule has 1 aromatic carbocycles. The molecule has 0 saturated carbocycles. The normalized spacial score (nSPS) is 10.2. The molecule has 0 unspecified atom stereocenters. The molecule has 0 aliphatic heterocycles. The van der Waals surface area contributed by atoms with Crippen molar-refractivity contribution in [3.8, 4) is 11.1 Å². The number of benzene rings is 1. The van der Waals surface area contributed by atoms with Gasteiger partial charge in [0.15, 0.2) is 0 Å². The Balaban J connectivity index is 2.54. The van der Waals surface area contributed by atoms with E-state index in [1.165, 1.54) is 0 Å². The van der Waals surface area contributed by atoms with Crippen LogP contribution in [0.15, 0.2) is 36.5 Å². The second-order valence-electron chi connectivity index (χ2n) is 3.16. The third-order valence-corrected chi connectivity index (χ3v) is 2.43. The maximum Gasteiger partial charge on any atom is 0.147 e. The first-order chi connectivity index (χ1) is 7.18. The smallest absolute Gasteiger partial charge is 0.147 e. The Hall–Kier alpha value is -1.74. The highest BCUT2D eigenvalue weighted by atomic mass is 35.5. The summed E-state index contributed by atoms with van der Waals surface area (Å²) < 4.78 is 0. The average Bonchev–Trinajstić information content (AvgIpc) is 2.24. The summed E-state index contributed by atoms with van der Waals surface area (Å²) in [6, 6.07) is 9.25. The number of aromatic nitrogens is 1. The van der Waals surface area contributed by atoms with Crippen LogP contribution >= 0.6 is 11.6 Å². The van der Waals surface area contributed by atoms with Crippen LogP contribution in [-0.4, -0.2) is 4.98 Å². The van der Waals surface area contributed by atoms with E-state index in [2.05, 4.69) is 4.98 Å². The van der Waals surface area contributed by atoms with Gasteiger partial charge in [-0.05, 0) is 23.8 Å². The second-order valence-corrected chi connectivity index (χ2v) is 3.60. The van der Waals surface area contributed by atoms with Crippen molar-refractivity contribution >= 4 is 23.1 Å². The van der Waals surface area contributed by atoms with Crippen LogP contribution < -0.4 is 11.5 Å². The average molecular weight is 220 g/mol. The molecule has 4 N–H and O–H groups in total. The molecule has 0 saturated heterocycles. The maximum atomic E-state index is 5.83. The topological polar surface area (TPSA) is 64.9 Å². The Morgan fingerprint density at radius 2 is 1.67 bits per heavy atom. The van der Waals surface area contributed by atoms with Gasteiger partial charge in [-0.1, -0.05) is 23.7 Å². The molecule has 4 heteroatoms. The molecule has 0 aliphatic rings. The molecule has 0 atom stereocenters. The zero-order valence-corrected chi connectivity index (χ0v) is 8.70. The van der Waals surface area contributed by atoms with Crippen molar-refractivity contribution in [2.45, 2.75) is 0 Å². The quantitative estimate of drug-likeness (QED) is 0.775. The van der Waals surface area contributed by atoms with Crippen LogP contribution in [0.1, 0.15) is 0 Å². The lowest BCUT2D eigenvalue weighted by atomic mass is 10.1. The maximum absolute atomic E-state index is 5.83. The van der Waals surface area contributed by atoms with Crippen molar-refractivity contribution in [2.75, 3.05) is 11.5 Å². The van der Waals surface area contributed by atoms with Gasteiger partial charge in [0.25, 0.3) is 0 Å². The zero-order valence-electron chi connectivity index (χ0n) is 7.94. The molecule has 2 aromatic rings. The number of anilines is 2. The highest BCUT2D eigenvalue weighted by Gasteiger charge is 2.05. The fourth-order valence-corrected chi connectivity index (χ4v) is 1.50. The predicted octanol–water partition coefficient (Wildman–Crippen LogP) is 2.57. The Morgan fingerprint density at radius 3 is 2.33 bits per heavy atom. The van der Waals surface area contributed by atoms with Crippen LogP contribution in [0.2, 0.25) is 5.02 Å². The number of hydrogen-bond acceptors (Lipinski definition) is 3. The number of nitrogen functional groups attached to an aromatic ring is 2. The van der Waals surface area contributed by atoms with E-state index in [0.717, 1.165) is 11.1 Å². The van der Waals surface area contributed by atoms with Crippen LogP contribution in [-0.2, 0) is 0 Å². The SMILES string of the molecule is Nc1nccc(-c2ccc(Cl)cc2)c1N. The summed E-state index contributed by atoms with van der Waals surface area (Å²) in [5.41, 5.74) is 13.8. The van der Waals surface area contributed by atoms with Gasteiger partial charge in [-0.3, -0.25) is 0 Å². The standard InChI is InChI=1S/C11H10ClN3/c12-8-3-1-7(2-4-8)9-5-6-15-11(14)10(9)13/h1-6H,13H2,(H2,14,15). The zero-order chi connectivity index (χ0) is 10.8. The summed E-state index contributed by atoms with van der Waals surface area (Å²) in [7, 11) is 0. The molecule has 15 heavy (non-hydrogen) atoms. The third kappa shape index (κ3) is 1.87. The number of pyridine rings is 1. The molecule has 3 nitrogen and oxygen atoms in total. The van der Waals surface area contributed by atoms with Crippen LogP contribution in [0.3, 0.4) is 0 Å². The van der Waals surface area contributed by atoms with Crippen molar-refractivity contribution in [2.24, 2.45) is 0 Å². The molecule has 1 aromatic heterocycles. The minimum atomic E-state index is 0.349. The molecule has 0 fully saturated rings. The predicted molar refractivity (Wildman–Crippen MR) is 63.5 cm³/mol. The van der Waals surface area contributed by atoms with E-state index in [1.807, 2.05) is 30.3 Å². The second kappa shape index (κ2) is 3.79. The summed E-state index contributed by atoms with van der Waals surface area (Å²) in [4.78, 5) is 3.91. The molecule has 76 valence electrons. The first kappa shape index (κ1) is 9.80. The van der Waals surface area contributed by atoms with E-state index in [9.17, 15) is 0 Å². The molecule has 0 bridgehead atoms. The van der Waals surface area contributed by atoms with Crippen LogP contribution in [0.25, 0.3) is 11.1 Å². The summed E-state index contributed by atoms with van der Waals surface area (Å²) >= 11 is 5.80. The van der Waals surface area contributed by atoms with Gasteiger partial charge in [0.05, 0.1) is 5.69 Å². The summed E-state index contributed by atoms with van der Waals surface area (Å²) in [6.07, 6.45) is 1.63. The summed E-state index contributed by atoms with van der Waals surface area (Å²) in [5.74, 6) is 0.349. The molecule has 1 heterocycles. The van der Waals surface area contributed by atoms with Crippen molar-refractivity contribution in [3.63, 3.8) is 0 Å². The Kier molecular flexibility index (Phi) is 2.47. The number of nitrogens with two attached hydrogens (primary N) is 2. The number of rotatable bonds is 1. The van der Waals surface area contributed by atoms with Crippen molar-refractivity contribution < 1.29 is 0 Å². The van der Waals surface area contributed by atoms with E-state index in [1.54, 1.807) is 6.20 Å². The van der Waals surface area contributed by atoms with E-state index < -0.39 is 0 Å². The van der Waals surface area contributed by atoms with Gasteiger partial charge >= 0.3 is 0 Å². The van der Waals surface area contributed by atoms with Crippen molar-refractivity contribution in [3.05, 3.63) is 41.6 Å². The molecule has 0 radical (unpaired) electrons. The first-order valence-corrected chi connectivity index (χ1v) is 4.82. The van der Waals surface area contributed by atoms with Gasteiger partial charge < -0.3 is 11.5 Å². The molecule has 0 amide bonds. The molecule has 0 aliphatic carbocycles. The van der Waals surface area contributed by atoms with E-state index >= 15 is 0 Å². The minimum Gasteiger partial charge on any atom is -0.395 e. The number of halogens is 1. The number of nitrogens with zero attached hydrogens (tertiary/aromatic N) is 1. The largest absolute Gasteiger partial charge is 0.395 e. The highest BCUT2D eigenvalue weighted by Crippen LogP contribution is 2.29. The van der Waals surface area contributed by atoms with E-state index in [-0.39, 0.29) is 0 Å². The lowest BCUT2D eigenvalue weighted by Crippen LogP contribution is -1.99. The molecule has 0 spiro atoms. The van der Waals surface area contributed by atoms with Gasteiger partial charge in [0.2, 0.25) is 0 Å². The molecule has 2 rings (SSSR count). The lowest BCUT2D eigenvalue weighted by Gasteiger charge is -2.07. The highest BCUT2D eigenvalue weighted by molar-refractivity contribution is 6.30. The van der Waals surface area contributed by atoms with Gasteiger partial charge in [-0.2, -0.15) is 0 Å². The van der Waals surface area contributed by atoms with Gasteiger partial charge in [-0.15, -0.1) is 0 Å². The van der Waals surface area contributed by atoms with E-state index in [4.69, 9.17) is 23.1 Å². The molecular formula is C11H10ClN3. The van der Waals surface area contributed by atoms with Crippen LogP contribution in [0.5, 0.6) is 0 Å². The Morgan fingerprint density at radius 1 is 1.00 bits per heavy atom. The van der Waals surface area contributed by atoms with Crippen molar-refractivity contribution in [1.29, 1.82) is 0 Å². The van der Waals surface area contributed by atoms with E-state index in [0.29, 0.717) is 16.5 Å². The van der Waals surface area contributed by atoms with Gasteiger partial charge in [0.1, 0.15) is 5.82 Å². The van der Waals surface area contributed by atoms with Crippen molar-refractivity contribution in [1.82, 2.24) is 4.98 Å². The van der Waals surface area contributed by atoms with Crippen LogP contribution in [0.4, 0.5) is 11.5 Å². The Labute approximate surface area is 92.7 Å². The fourth-order valence-electron chi connectivity index (χ4n) is 1.37. The van der Waals surface area contributed by atoms with Crippen LogP contribution in [0, 0.1) is 0 Å². The monoisotopic (exact) mass is 219 g/mol. The first-order valence-electron chi connectivity index (χ1n) is 4.44. The molecular weight excluding hydrogens is 210 g/mol. The Bertz CT molecular complexity index is 480. The minimum absolute atomic E-state index is 0.349. The summed E-state index contributed by atoms with van der Waals surface area (Å²) in [5, 5.41) is 0.694. The lowest BCUT2D eigenvalue weighted by molar-refractivity contribution is 1.34. The van der Waals surface area contributed by atoms with Gasteiger partial charge in [0, 0.05) is 16.8 Å². The fraction of sp³-hybridized carbons (Fsp3) is 0. The third-order valence-electron chi connectivity index (χ3n) is 2.18. The van der Waals surface area contributed by atoms with Gasteiger partial charge in [-0.25, -0.2) is 4.98 Å². The summed E-state index contributed by atoms with van der Waals surface area (Å²) in [6.45, 7) is 0.